The van der Waals surface area contributed by atoms with Gasteiger partial charge in [-0.15, -0.1) is 0 Å². The van der Waals surface area contributed by atoms with Gasteiger partial charge in [0, 0.05) is 50.1 Å². The Morgan fingerprint density at radius 1 is 0.410 bits per heavy atom. The molecule has 2 heterocycles. The Bertz CT molecular complexity index is 3040. The minimum atomic E-state index is -0.0261. The number of nitrogens with zero attached hydrogens (tertiary/aromatic N) is 2. The normalized spacial score (nSPS) is 22.0. The third-order valence-corrected chi connectivity index (χ3v) is 15.0. The third-order valence-electron chi connectivity index (χ3n) is 15.0. The number of para-hydroxylation sites is 3. The lowest BCUT2D eigenvalue weighted by Gasteiger charge is -2.63. The molecule has 1 aromatic heterocycles. The van der Waals surface area contributed by atoms with Gasteiger partial charge in [-0.1, -0.05) is 121 Å². The molecule has 8 aromatic carbocycles. The molecule has 0 N–H and O–H groups in total. The number of hydrogen-bond donors (Lipinski definition) is 0. The maximum atomic E-state index is 6.85. The van der Waals surface area contributed by atoms with Gasteiger partial charge in [0.1, 0.15) is 11.5 Å². The quantitative estimate of drug-likeness (QED) is 0.167. The van der Waals surface area contributed by atoms with Crippen LogP contribution in [0.15, 0.2) is 194 Å². The molecule has 4 fully saturated rings. The van der Waals surface area contributed by atoms with E-state index in [1.165, 1.54) is 93.0 Å². The number of rotatable bonds is 6. The molecule has 9 aromatic rings. The van der Waals surface area contributed by atoms with Crippen LogP contribution < -0.4 is 9.64 Å². The highest BCUT2D eigenvalue weighted by atomic mass is 16.5. The molecule has 14 rings (SSSR count). The third kappa shape index (κ3) is 5.36. The molecule has 5 aliphatic rings. The van der Waals surface area contributed by atoms with Crippen LogP contribution in [0, 0.1) is 23.7 Å². The minimum Gasteiger partial charge on any atom is -0.457 e. The fraction of sp³-hybridized carbons (Fsp3) is 0.172. The standard InChI is InChI=1S/C58H46N2O/c1-2-11-40(12-3-1)41-21-25-46(26-22-41)59(49-29-30-57-53(37-49)58(52-17-6-9-20-56(52)61-57)44-32-38-31-39(34-44)35-45(58)33-38)47-27-23-42(24-28-47)43-13-10-14-48(36-43)60-54-18-7-4-15-50(54)51-16-5-8-19-55(51)60/h1-30,36-39,44-45H,31-35H2. The fourth-order valence-electron chi connectivity index (χ4n) is 12.7. The highest BCUT2D eigenvalue weighted by molar-refractivity contribution is 6.09. The Morgan fingerprint density at radius 3 is 1.61 bits per heavy atom. The first-order valence-corrected chi connectivity index (χ1v) is 22.3. The lowest BCUT2D eigenvalue weighted by atomic mass is 9.42. The summed E-state index contributed by atoms with van der Waals surface area (Å²) in [5.74, 6) is 5.11. The second-order valence-electron chi connectivity index (χ2n) is 18.2. The molecule has 3 heteroatoms. The number of aromatic nitrogens is 1. The Morgan fingerprint density at radius 2 is 0.934 bits per heavy atom. The van der Waals surface area contributed by atoms with Crippen LogP contribution in [-0.2, 0) is 5.41 Å². The minimum absolute atomic E-state index is 0.0261. The zero-order chi connectivity index (χ0) is 40.1. The molecular formula is C58H46N2O. The van der Waals surface area contributed by atoms with Crippen LogP contribution in [-0.4, -0.2) is 4.57 Å². The Balaban J connectivity index is 0.930. The summed E-state index contributed by atoms with van der Waals surface area (Å²) in [6.45, 7) is 0. The summed E-state index contributed by atoms with van der Waals surface area (Å²) >= 11 is 0. The summed E-state index contributed by atoms with van der Waals surface area (Å²) < 4.78 is 9.25. The Hall–Kier alpha value is -6.84. The highest BCUT2D eigenvalue weighted by Crippen LogP contribution is 2.69. The molecule has 4 bridgehead atoms. The van der Waals surface area contributed by atoms with E-state index in [9.17, 15) is 0 Å². The van der Waals surface area contributed by atoms with E-state index in [2.05, 4.69) is 204 Å². The molecule has 294 valence electrons. The fourth-order valence-corrected chi connectivity index (χ4v) is 12.7. The van der Waals surface area contributed by atoms with Crippen molar-refractivity contribution in [3.8, 4) is 39.4 Å². The summed E-state index contributed by atoms with van der Waals surface area (Å²) in [5, 5.41) is 2.55. The number of benzene rings is 8. The second-order valence-corrected chi connectivity index (χ2v) is 18.2. The first-order chi connectivity index (χ1) is 30.2. The number of hydrogen-bond acceptors (Lipinski definition) is 2. The van der Waals surface area contributed by atoms with Gasteiger partial charge in [-0.25, -0.2) is 0 Å². The predicted molar refractivity (Wildman–Crippen MR) is 251 cm³/mol. The average molecular weight is 787 g/mol. The molecule has 4 saturated carbocycles. The van der Waals surface area contributed by atoms with Gasteiger partial charge in [-0.3, -0.25) is 0 Å². The van der Waals surface area contributed by atoms with Crippen molar-refractivity contribution in [3.63, 3.8) is 0 Å². The number of anilines is 3. The Labute approximate surface area is 357 Å². The topological polar surface area (TPSA) is 17.4 Å². The van der Waals surface area contributed by atoms with E-state index in [1.807, 2.05) is 0 Å². The molecular weight excluding hydrogens is 741 g/mol. The molecule has 1 aliphatic heterocycles. The molecule has 0 unspecified atom stereocenters. The van der Waals surface area contributed by atoms with Crippen molar-refractivity contribution in [3.05, 3.63) is 205 Å². The molecule has 61 heavy (non-hydrogen) atoms. The lowest BCUT2D eigenvalue weighted by molar-refractivity contribution is -0.0452. The van der Waals surface area contributed by atoms with Gasteiger partial charge in [0.05, 0.1) is 11.0 Å². The van der Waals surface area contributed by atoms with Crippen molar-refractivity contribution in [2.75, 3.05) is 4.90 Å². The molecule has 0 amide bonds. The van der Waals surface area contributed by atoms with Crippen LogP contribution in [0.2, 0.25) is 0 Å². The van der Waals surface area contributed by atoms with Gasteiger partial charge in [-0.2, -0.15) is 0 Å². The molecule has 1 spiro atoms. The predicted octanol–water partition coefficient (Wildman–Crippen LogP) is 15.4. The molecule has 0 atom stereocenters. The van der Waals surface area contributed by atoms with Crippen LogP contribution in [0.3, 0.4) is 0 Å². The van der Waals surface area contributed by atoms with Crippen molar-refractivity contribution >= 4 is 38.9 Å². The van der Waals surface area contributed by atoms with Crippen LogP contribution in [0.1, 0.15) is 43.2 Å². The largest absolute Gasteiger partial charge is 0.457 e. The van der Waals surface area contributed by atoms with Crippen molar-refractivity contribution < 1.29 is 4.74 Å². The number of fused-ring (bicyclic) bond motifs is 5. The van der Waals surface area contributed by atoms with Crippen molar-refractivity contribution in [1.29, 1.82) is 0 Å². The van der Waals surface area contributed by atoms with Gasteiger partial charge in [-0.05, 0) is 151 Å². The van der Waals surface area contributed by atoms with Crippen LogP contribution in [0.4, 0.5) is 17.1 Å². The first kappa shape index (κ1) is 35.0. The summed E-state index contributed by atoms with van der Waals surface area (Å²) in [6, 6.07) is 71.5. The van der Waals surface area contributed by atoms with Crippen molar-refractivity contribution in [2.24, 2.45) is 23.7 Å². The zero-order valence-electron chi connectivity index (χ0n) is 34.1. The average Bonchev–Trinajstić information content (AvgIpc) is 3.65. The van der Waals surface area contributed by atoms with Crippen LogP contribution >= 0.6 is 0 Å². The monoisotopic (exact) mass is 786 g/mol. The maximum Gasteiger partial charge on any atom is 0.131 e. The smallest absolute Gasteiger partial charge is 0.131 e. The number of ether oxygens (including phenoxy) is 1. The molecule has 0 radical (unpaired) electrons. The van der Waals surface area contributed by atoms with Crippen LogP contribution in [0.5, 0.6) is 11.5 Å². The van der Waals surface area contributed by atoms with Gasteiger partial charge in [0.2, 0.25) is 0 Å². The molecule has 4 aliphatic carbocycles. The molecule has 3 nitrogen and oxygen atoms in total. The summed E-state index contributed by atoms with van der Waals surface area (Å²) in [7, 11) is 0. The van der Waals surface area contributed by atoms with E-state index < -0.39 is 0 Å². The summed E-state index contributed by atoms with van der Waals surface area (Å²) in [6.07, 6.45) is 6.75. The summed E-state index contributed by atoms with van der Waals surface area (Å²) in [5.41, 5.74) is 14.6. The first-order valence-electron chi connectivity index (χ1n) is 22.3. The second kappa shape index (κ2) is 13.6. The summed E-state index contributed by atoms with van der Waals surface area (Å²) in [4.78, 5) is 2.46. The maximum absolute atomic E-state index is 6.85. The highest BCUT2D eigenvalue weighted by Gasteiger charge is 2.61. The van der Waals surface area contributed by atoms with E-state index in [4.69, 9.17) is 4.74 Å². The van der Waals surface area contributed by atoms with Crippen molar-refractivity contribution in [2.45, 2.75) is 37.5 Å². The lowest BCUT2D eigenvalue weighted by Crippen LogP contribution is -2.57. The van der Waals surface area contributed by atoms with Gasteiger partial charge in [0.15, 0.2) is 0 Å². The van der Waals surface area contributed by atoms with E-state index in [0.717, 1.165) is 40.4 Å². The van der Waals surface area contributed by atoms with Crippen LogP contribution in [0.25, 0.3) is 49.7 Å². The van der Waals surface area contributed by atoms with E-state index in [0.29, 0.717) is 11.8 Å². The molecule has 0 saturated heterocycles. The van der Waals surface area contributed by atoms with Gasteiger partial charge >= 0.3 is 0 Å². The van der Waals surface area contributed by atoms with Crippen molar-refractivity contribution in [1.82, 2.24) is 4.57 Å². The SMILES string of the molecule is c1ccc(-c2ccc(N(c3ccc(-c4cccc(-n5c6ccccc6c6ccccc65)c4)cc3)c3ccc4c(c3)C3(c5ccccc5O4)C4CC5CC(C4)CC3C5)cc2)cc1. The van der Waals surface area contributed by atoms with Gasteiger partial charge < -0.3 is 14.2 Å². The zero-order valence-corrected chi connectivity index (χ0v) is 34.1. The Kier molecular flexibility index (Phi) is 7.79. The van der Waals surface area contributed by atoms with E-state index >= 15 is 0 Å². The van der Waals surface area contributed by atoms with E-state index in [1.54, 1.807) is 0 Å². The van der Waals surface area contributed by atoms with Gasteiger partial charge in [0.25, 0.3) is 0 Å². The van der Waals surface area contributed by atoms with E-state index in [-0.39, 0.29) is 5.41 Å².